The van der Waals surface area contributed by atoms with Crippen molar-refractivity contribution < 1.29 is 9.53 Å². The van der Waals surface area contributed by atoms with E-state index in [-0.39, 0.29) is 5.97 Å². The second-order valence-electron chi connectivity index (χ2n) is 3.48. The van der Waals surface area contributed by atoms with Gasteiger partial charge in [-0.15, -0.1) is 0 Å². The van der Waals surface area contributed by atoms with Crippen LogP contribution in [0.2, 0.25) is 0 Å². The Kier molecular flexibility index (Phi) is 5.39. The predicted molar refractivity (Wildman–Crippen MR) is 62.6 cm³/mol. The highest BCUT2D eigenvalue weighted by molar-refractivity contribution is 5.92. The Labute approximate surface area is 95.6 Å². The molecule has 90 valence electrons. The number of imidazole rings is 1. The van der Waals surface area contributed by atoms with Crippen LogP contribution in [0.3, 0.4) is 0 Å². The largest absolute Gasteiger partial charge is 0.461 e. The van der Waals surface area contributed by atoms with Crippen molar-refractivity contribution in [1.82, 2.24) is 9.97 Å². The van der Waals surface area contributed by atoms with Crippen LogP contribution in [0.15, 0.2) is 6.33 Å². The maximum atomic E-state index is 11.5. The number of rotatable bonds is 7. The van der Waals surface area contributed by atoms with Crippen molar-refractivity contribution in [3.8, 4) is 0 Å². The Morgan fingerprint density at radius 1 is 1.50 bits per heavy atom. The highest BCUT2D eigenvalue weighted by Crippen LogP contribution is 2.11. The molecule has 0 saturated carbocycles. The van der Waals surface area contributed by atoms with E-state index in [0.29, 0.717) is 18.1 Å². The molecule has 0 aliphatic heterocycles. The number of carbonyl (C=O) groups excluding carboxylic acids is 1. The molecule has 16 heavy (non-hydrogen) atoms. The molecule has 0 amide bonds. The zero-order valence-corrected chi connectivity index (χ0v) is 9.88. The highest BCUT2D eigenvalue weighted by Gasteiger charge is 2.14. The summed E-state index contributed by atoms with van der Waals surface area (Å²) < 4.78 is 4.90. The van der Waals surface area contributed by atoms with Gasteiger partial charge in [0.25, 0.3) is 0 Å². The Hall–Kier alpha value is -1.52. The molecule has 1 heterocycles. The Morgan fingerprint density at radius 2 is 2.31 bits per heavy atom. The molecule has 0 aromatic carbocycles. The lowest BCUT2D eigenvalue weighted by Crippen LogP contribution is -2.10. The molecule has 0 saturated heterocycles. The van der Waals surface area contributed by atoms with Crippen LogP contribution in [0.25, 0.3) is 0 Å². The Balaban J connectivity index is 2.47. The maximum Gasteiger partial charge on any atom is 0.358 e. The molecule has 1 rings (SSSR count). The average Bonchev–Trinajstić information content (AvgIpc) is 2.73. The van der Waals surface area contributed by atoms with Crippen LogP contribution in [0.5, 0.6) is 0 Å². The van der Waals surface area contributed by atoms with Crippen molar-refractivity contribution >= 4 is 11.8 Å². The van der Waals surface area contributed by atoms with Gasteiger partial charge in [-0.25, -0.2) is 9.78 Å². The van der Waals surface area contributed by atoms with Crippen LogP contribution in [-0.2, 0) is 4.74 Å². The van der Waals surface area contributed by atoms with Crippen molar-refractivity contribution in [3.63, 3.8) is 0 Å². The van der Waals surface area contributed by atoms with Crippen molar-refractivity contribution in [2.75, 3.05) is 18.5 Å². The van der Waals surface area contributed by atoms with Crippen LogP contribution in [-0.4, -0.2) is 29.1 Å². The first-order chi connectivity index (χ1) is 7.79. The van der Waals surface area contributed by atoms with Crippen LogP contribution in [0, 0.1) is 0 Å². The number of aromatic amines is 1. The summed E-state index contributed by atoms with van der Waals surface area (Å²) in [6.07, 6.45) is 4.92. The summed E-state index contributed by atoms with van der Waals surface area (Å²) in [5.41, 5.74) is 0.401. The van der Waals surface area contributed by atoms with Crippen LogP contribution >= 0.6 is 0 Å². The van der Waals surface area contributed by atoms with Crippen LogP contribution in [0.4, 0.5) is 5.82 Å². The van der Waals surface area contributed by atoms with Gasteiger partial charge in [-0.1, -0.05) is 19.8 Å². The lowest BCUT2D eigenvalue weighted by Gasteiger charge is -2.05. The quantitative estimate of drug-likeness (QED) is 0.551. The lowest BCUT2D eigenvalue weighted by atomic mass is 10.2. The summed E-state index contributed by atoms with van der Waals surface area (Å²) in [7, 11) is 0. The Morgan fingerprint density at radius 3 is 3.00 bits per heavy atom. The third kappa shape index (κ3) is 3.56. The summed E-state index contributed by atoms with van der Waals surface area (Å²) >= 11 is 0. The van der Waals surface area contributed by atoms with Gasteiger partial charge in [-0.3, -0.25) is 0 Å². The number of ether oxygens (including phenoxy) is 1. The van der Waals surface area contributed by atoms with Crippen molar-refractivity contribution in [1.29, 1.82) is 0 Å². The molecule has 5 nitrogen and oxygen atoms in total. The highest BCUT2D eigenvalue weighted by atomic mass is 16.5. The predicted octanol–water partition coefficient (Wildman–Crippen LogP) is 2.19. The van der Waals surface area contributed by atoms with E-state index in [4.69, 9.17) is 4.74 Å². The smallest absolute Gasteiger partial charge is 0.358 e. The number of H-pyrrole nitrogens is 1. The van der Waals surface area contributed by atoms with Crippen molar-refractivity contribution in [2.45, 2.75) is 33.1 Å². The first kappa shape index (κ1) is 12.5. The SMILES string of the molecule is CCCCCNc1nc[nH]c1C(=O)OCC. The first-order valence-electron chi connectivity index (χ1n) is 5.74. The zero-order valence-electron chi connectivity index (χ0n) is 9.88. The zero-order chi connectivity index (χ0) is 11.8. The molecule has 2 N–H and O–H groups in total. The molecule has 5 heteroatoms. The van der Waals surface area contributed by atoms with E-state index < -0.39 is 0 Å². The van der Waals surface area contributed by atoms with Gasteiger partial charge in [0.05, 0.1) is 12.9 Å². The van der Waals surface area contributed by atoms with E-state index in [1.807, 2.05) is 0 Å². The minimum absolute atomic E-state index is 0.363. The van der Waals surface area contributed by atoms with Gasteiger partial charge < -0.3 is 15.0 Å². The molecule has 0 aliphatic rings. The first-order valence-corrected chi connectivity index (χ1v) is 5.74. The van der Waals surface area contributed by atoms with Crippen molar-refractivity contribution in [3.05, 3.63) is 12.0 Å². The van der Waals surface area contributed by atoms with E-state index in [9.17, 15) is 4.79 Å². The van der Waals surface area contributed by atoms with Gasteiger partial charge in [0, 0.05) is 6.54 Å². The molecular formula is C11H19N3O2. The molecule has 1 aromatic heterocycles. The standard InChI is InChI=1S/C11H19N3O2/c1-3-5-6-7-12-10-9(13-8-14-10)11(15)16-4-2/h8,12H,3-7H2,1-2H3,(H,13,14). The fraction of sp³-hybridized carbons (Fsp3) is 0.636. The van der Waals surface area contributed by atoms with Gasteiger partial charge in [0.2, 0.25) is 0 Å². The van der Waals surface area contributed by atoms with Gasteiger partial charge in [0.15, 0.2) is 11.5 Å². The molecule has 0 fully saturated rings. The number of hydrogen-bond donors (Lipinski definition) is 2. The van der Waals surface area contributed by atoms with Crippen LogP contribution < -0.4 is 5.32 Å². The molecule has 1 aromatic rings. The van der Waals surface area contributed by atoms with Gasteiger partial charge in [-0.2, -0.15) is 0 Å². The van der Waals surface area contributed by atoms with Gasteiger partial charge in [-0.05, 0) is 13.3 Å². The number of esters is 1. The molecule has 0 bridgehead atoms. The number of unbranched alkanes of at least 4 members (excludes halogenated alkanes) is 2. The molecule has 0 unspecified atom stereocenters. The summed E-state index contributed by atoms with van der Waals surface area (Å²) in [4.78, 5) is 18.3. The number of nitrogens with zero attached hydrogens (tertiary/aromatic N) is 1. The average molecular weight is 225 g/mol. The molecular weight excluding hydrogens is 206 g/mol. The summed E-state index contributed by atoms with van der Waals surface area (Å²) in [5.74, 6) is 0.215. The summed E-state index contributed by atoms with van der Waals surface area (Å²) in [6.45, 7) is 5.12. The molecule has 0 spiro atoms. The maximum absolute atomic E-state index is 11.5. The third-order valence-electron chi connectivity index (χ3n) is 2.19. The topological polar surface area (TPSA) is 67.0 Å². The monoisotopic (exact) mass is 225 g/mol. The van der Waals surface area contributed by atoms with E-state index in [1.165, 1.54) is 19.2 Å². The van der Waals surface area contributed by atoms with Crippen LogP contribution in [0.1, 0.15) is 43.6 Å². The normalized spacial score (nSPS) is 10.1. The summed E-state index contributed by atoms with van der Waals surface area (Å²) in [6, 6.07) is 0. The van der Waals surface area contributed by atoms with E-state index in [2.05, 4.69) is 22.2 Å². The minimum Gasteiger partial charge on any atom is -0.461 e. The fourth-order valence-electron chi connectivity index (χ4n) is 1.37. The van der Waals surface area contributed by atoms with E-state index in [1.54, 1.807) is 6.92 Å². The molecule has 0 radical (unpaired) electrons. The van der Waals surface area contributed by atoms with Gasteiger partial charge in [0.1, 0.15) is 0 Å². The van der Waals surface area contributed by atoms with E-state index in [0.717, 1.165) is 13.0 Å². The number of hydrogen-bond acceptors (Lipinski definition) is 4. The van der Waals surface area contributed by atoms with Crippen molar-refractivity contribution in [2.24, 2.45) is 0 Å². The second kappa shape index (κ2) is 6.87. The minimum atomic E-state index is -0.363. The lowest BCUT2D eigenvalue weighted by molar-refractivity contribution is 0.0521. The number of aromatic nitrogens is 2. The molecule has 0 aliphatic carbocycles. The van der Waals surface area contributed by atoms with Gasteiger partial charge >= 0.3 is 5.97 Å². The number of anilines is 1. The fourth-order valence-corrected chi connectivity index (χ4v) is 1.37. The summed E-state index contributed by atoms with van der Waals surface area (Å²) in [5, 5.41) is 3.12. The van der Waals surface area contributed by atoms with E-state index >= 15 is 0 Å². The molecule has 0 atom stereocenters. The number of nitrogens with one attached hydrogen (secondary N) is 2. The number of carbonyl (C=O) groups is 1. The Bertz CT molecular complexity index is 323. The third-order valence-corrected chi connectivity index (χ3v) is 2.19. The second-order valence-corrected chi connectivity index (χ2v) is 3.48.